The van der Waals surface area contributed by atoms with E-state index in [0.717, 1.165) is 28.0 Å². The molecule has 102 valence electrons. The molecule has 0 fully saturated rings. The van der Waals surface area contributed by atoms with Crippen molar-refractivity contribution in [3.05, 3.63) is 34.6 Å². The van der Waals surface area contributed by atoms with Crippen LogP contribution in [0.5, 0.6) is 0 Å². The maximum absolute atomic E-state index is 5.70. The molecular formula is C13H16BrN3OS. The SMILES string of the molecule is CC(N)CCSCc1nc(-c2cccc(Br)c2)no1. The van der Waals surface area contributed by atoms with Crippen LogP contribution in [0.4, 0.5) is 0 Å². The smallest absolute Gasteiger partial charge is 0.236 e. The second-order valence-corrected chi connectivity index (χ2v) is 6.36. The Labute approximate surface area is 125 Å². The number of nitrogens with zero attached hydrogens (tertiary/aromatic N) is 2. The fourth-order valence-corrected chi connectivity index (χ4v) is 2.86. The summed E-state index contributed by atoms with van der Waals surface area (Å²) in [5, 5.41) is 4.00. The number of hydrogen-bond acceptors (Lipinski definition) is 5. The maximum atomic E-state index is 5.70. The van der Waals surface area contributed by atoms with Gasteiger partial charge in [-0.2, -0.15) is 16.7 Å². The number of rotatable bonds is 6. The third-order valence-electron chi connectivity index (χ3n) is 2.49. The van der Waals surface area contributed by atoms with Crippen molar-refractivity contribution < 1.29 is 4.52 Å². The van der Waals surface area contributed by atoms with E-state index in [9.17, 15) is 0 Å². The number of benzene rings is 1. The van der Waals surface area contributed by atoms with Crippen molar-refractivity contribution in [1.82, 2.24) is 10.1 Å². The summed E-state index contributed by atoms with van der Waals surface area (Å²) in [6, 6.07) is 8.09. The summed E-state index contributed by atoms with van der Waals surface area (Å²) in [5.41, 5.74) is 6.65. The van der Waals surface area contributed by atoms with Crippen LogP contribution in [0, 0.1) is 0 Å². The fourth-order valence-electron chi connectivity index (χ4n) is 1.49. The van der Waals surface area contributed by atoms with Gasteiger partial charge < -0.3 is 10.3 Å². The van der Waals surface area contributed by atoms with Crippen molar-refractivity contribution in [3.63, 3.8) is 0 Å². The van der Waals surface area contributed by atoms with Crippen LogP contribution in [-0.2, 0) is 5.75 Å². The summed E-state index contributed by atoms with van der Waals surface area (Å²) in [5.74, 6) is 3.02. The van der Waals surface area contributed by atoms with Gasteiger partial charge in [-0.3, -0.25) is 0 Å². The summed E-state index contributed by atoms with van der Waals surface area (Å²) >= 11 is 5.19. The van der Waals surface area contributed by atoms with Gasteiger partial charge in [0.2, 0.25) is 11.7 Å². The highest BCUT2D eigenvalue weighted by atomic mass is 79.9. The zero-order valence-corrected chi connectivity index (χ0v) is 13.1. The Morgan fingerprint density at radius 3 is 3.05 bits per heavy atom. The molecule has 0 saturated carbocycles. The van der Waals surface area contributed by atoms with Crippen molar-refractivity contribution >= 4 is 27.7 Å². The van der Waals surface area contributed by atoms with E-state index in [1.54, 1.807) is 11.8 Å². The Bertz CT molecular complexity index is 530. The molecule has 2 N–H and O–H groups in total. The number of nitrogens with two attached hydrogens (primary N) is 1. The third kappa shape index (κ3) is 4.63. The zero-order chi connectivity index (χ0) is 13.7. The predicted molar refractivity (Wildman–Crippen MR) is 81.9 cm³/mol. The molecule has 1 aromatic heterocycles. The molecule has 2 aromatic rings. The highest BCUT2D eigenvalue weighted by molar-refractivity contribution is 9.10. The van der Waals surface area contributed by atoms with Crippen molar-refractivity contribution in [2.75, 3.05) is 5.75 Å². The van der Waals surface area contributed by atoms with Gasteiger partial charge in [0, 0.05) is 16.1 Å². The van der Waals surface area contributed by atoms with Gasteiger partial charge in [0.1, 0.15) is 0 Å². The lowest BCUT2D eigenvalue weighted by Crippen LogP contribution is -2.15. The van der Waals surface area contributed by atoms with Gasteiger partial charge in [-0.1, -0.05) is 33.2 Å². The molecule has 0 aliphatic heterocycles. The number of thioether (sulfide) groups is 1. The lowest BCUT2D eigenvalue weighted by Gasteiger charge is -2.01. The van der Waals surface area contributed by atoms with Crippen LogP contribution in [-0.4, -0.2) is 21.9 Å². The zero-order valence-electron chi connectivity index (χ0n) is 10.7. The van der Waals surface area contributed by atoms with E-state index in [2.05, 4.69) is 26.1 Å². The summed E-state index contributed by atoms with van der Waals surface area (Å²) < 4.78 is 6.24. The molecule has 0 saturated heterocycles. The van der Waals surface area contributed by atoms with Crippen LogP contribution >= 0.6 is 27.7 Å². The molecule has 19 heavy (non-hydrogen) atoms. The van der Waals surface area contributed by atoms with Crippen molar-refractivity contribution in [2.24, 2.45) is 5.73 Å². The molecule has 1 aromatic carbocycles. The number of halogens is 1. The van der Waals surface area contributed by atoms with Gasteiger partial charge in [0.15, 0.2) is 0 Å². The molecular weight excluding hydrogens is 326 g/mol. The van der Waals surface area contributed by atoms with Gasteiger partial charge >= 0.3 is 0 Å². The lowest BCUT2D eigenvalue weighted by atomic mass is 10.2. The molecule has 0 aliphatic carbocycles. The molecule has 0 amide bonds. The highest BCUT2D eigenvalue weighted by Gasteiger charge is 2.08. The standard InChI is InChI=1S/C13H16BrN3OS/c1-9(15)5-6-19-8-12-16-13(17-18-12)10-3-2-4-11(14)7-10/h2-4,7,9H,5-6,8,15H2,1H3. The van der Waals surface area contributed by atoms with Crippen LogP contribution in [0.3, 0.4) is 0 Å². The molecule has 1 atom stereocenters. The summed E-state index contributed by atoms with van der Waals surface area (Å²) in [4.78, 5) is 4.39. The summed E-state index contributed by atoms with van der Waals surface area (Å²) in [6.45, 7) is 2.01. The molecule has 2 rings (SSSR count). The van der Waals surface area contributed by atoms with Crippen LogP contribution in [0.1, 0.15) is 19.2 Å². The van der Waals surface area contributed by atoms with Gasteiger partial charge in [-0.05, 0) is 31.2 Å². The van der Waals surface area contributed by atoms with E-state index in [4.69, 9.17) is 10.3 Å². The molecule has 0 radical (unpaired) electrons. The van der Waals surface area contributed by atoms with E-state index in [1.165, 1.54) is 0 Å². The van der Waals surface area contributed by atoms with Crippen molar-refractivity contribution in [1.29, 1.82) is 0 Å². The van der Waals surface area contributed by atoms with E-state index >= 15 is 0 Å². The van der Waals surface area contributed by atoms with Crippen LogP contribution in [0.2, 0.25) is 0 Å². The topological polar surface area (TPSA) is 64.9 Å². The van der Waals surface area contributed by atoms with E-state index in [1.807, 2.05) is 31.2 Å². The van der Waals surface area contributed by atoms with Gasteiger partial charge in [0.05, 0.1) is 5.75 Å². The van der Waals surface area contributed by atoms with Crippen LogP contribution in [0.25, 0.3) is 11.4 Å². The maximum Gasteiger partial charge on any atom is 0.236 e. The first-order valence-corrected chi connectivity index (χ1v) is 8.02. The number of hydrogen-bond donors (Lipinski definition) is 1. The Morgan fingerprint density at radius 2 is 2.32 bits per heavy atom. The summed E-state index contributed by atoms with van der Waals surface area (Å²) in [7, 11) is 0. The minimum Gasteiger partial charge on any atom is -0.338 e. The minimum atomic E-state index is 0.243. The lowest BCUT2D eigenvalue weighted by molar-refractivity contribution is 0.391. The predicted octanol–water partition coefficient (Wildman–Crippen LogP) is 3.47. The molecule has 4 nitrogen and oxygen atoms in total. The average Bonchev–Trinajstić information content (AvgIpc) is 2.83. The molecule has 1 unspecified atom stereocenters. The normalized spacial score (nSPS) is 12.6. The highest BCUT2D eigenvalue weighted by Crippen LogP contribution is 2.21. The van der Waals surface area contributed by atoms with E-state index in [0.29, 0.717) is 11.7 Å². The quantitative estimate of drug-likeness (QED) is 0.815. The molecule has 6 heteroatoms. The first-order valence-electron chi connectivity index (χ1n) is 6.07. The Balaban J connectivity index is 1.92. The Morgan fingerprint density at radius 1 is 1.47 bits per heavy atom. The first-order chi connectivity index (χ1) is 9.15. The van der Waals surface area contributed by atoms with E-state index in [-0.39, 0.29) is 6.04 Å². The van der Waals surface area contributed by atoms with Crippen molar-refractivity contribution in [3.8, 4) is 11.4 Å². The molecule has 0 aliphatic rings. The molecule has 0 bridgehead atoms. The number of aromatic nitrogens is 2. The van der Waals surface area contributed by atoms with E-state index < -0.39 is 0 Å². The Hall–Kier alpha value is -0.850. The van der Waals surface area contributed by atoms with Gasteiger partial charge in [0.25, 0.3) is 0 Å². The van der Waals surface area contributed by atoms with Crippen LogP contribution in [0.15, 0.2) is 33.3 Å². The second-order valence-electron chi connectivity index (χ2n) is 4.34. The third-order valence-corrected chi connectivity index (χ3v) is 3.96. The second kappa shape index (κ2) is 7.07. The monoisotopic (exact) mass is 341 g/mol. The average molecular weight is 342 g/mol. The fraction of sp³-hybridized carbons (Fsp3) is 0.385. The van der Waals surface area contributed by atoms with Crippen LogP contribution < -0.4 is 5.73 Å². The molecule has 1 heterocycles. The van der Waals surface area contributed by atoms with Gasteiger partial charge in [-0.25, -0.2) is 0 Å². The Kier molecular flexibility index (Phi) is 5.42. The summed E-state index contributed by atoms with van der Waals surface area (Å²) in [6.07, 6.45) is 0.997. The first kappa shape index (κ1) is 14.6. The minimum absolute atomic E-state index is 0.243. The van der Waals surface area contributed by atoms with Gasteiger partial charge in [-0.15, -0.1) is 0 Å². The molecule has 0 spiro atoms. The largest absolute Gasteiger partial charge is 0.338 e. The van der Waals surface area contributed by atoms with Crippen molar-refractivity contribution in [2.45, 2.75) is 25.1 Å².